The molecule has 13 heavy (non-hydrogen) atoms. The summed E-state index contributed by atoms with van der Waals surface area (Å²) in [5.41, 5.74) is 5.20. The zero-order chi connectivity index (χ0) is 10.0. The van der Waals surface area contributed by atoms with E-state index in [0.29, 0.717) is 0 Å². The van der Waals surface area contributed by atoms with E-state index in [1.807, 2.05) is 13.8 Å². The molecule has 0 aliphatic carbocycles. The Kier molecular flexibility index (Phi) is 2.87. The van der Waals surface area contributed by atoms with Gasteiger partial charge in [-0.05, 0) is 13.3 Å². The zero-order valence-corrected chi connectivity index (χ0v) is 8.03. The van der Waals surface area contributed by atoms with Crippen LogP contribution in [0.25, 0.3) is 0 Å². The van der Waals surface area contributed by atoms with Gasteiger partial charge in [-0.25, -0.2) is 5.84 Å². The highest BCUT2D eigenvalue weighted by Gasteiger charge is 2.35. The fraction of sp³-hybridized carbons (Fsp3) is 0.750. The van der Waals surface area contributed by atoms with E-state index in [9.17, 15) is 4.79 Å². The van der Waals surface area contributed by atoms with Crippen LogP contribution in [0.5, 0.6) is 0 Å². The lowest BCUT2D eigenvalue weighted by atomic mass is 10.1. The normalized spacial score (nSPS) is 27.6. The summed E-state index contributed by atoms with van der Waals surface area (Å²) in [6.45, 7) is 3.89. The zero-order valence-electron chi connectivity index (χ0n) is 8.03. The Morgan fingerprint density at radius 2 is 2.31 bits per heavy atom. The first-order valence-corrected chi connectivity index (χ1v) is 4.47. The van der Waals surface area contributed by atoms with Gasteiger partial charge in [0.25, 0.3) is 0 Å². The van der Waals surface area contributed by atoms with Crippen molar-refractivity contribution < 1.29 is 4.79 Å². The lowest BCUT2D eigenvalue weighted by Gasteiger charge is -2.21. The summed E-state index contributed by atoms with van der Waals surface area (Å²) in [6.07, 6.45) is 1.76. The minimum Gasteiger partial charge on any atom is -0.368 e. The number of primary amides is 1. The molecule has 0 aromatic rings. The average Bonchev–Trinajstić information content (AvgIpc) is 2.28. The van der Waals surface area contributed by atoms with Gasteiger partial charge >= 0.3 is 0 Å². The summed E-state index contributed by atoms with van der Waals surface area (Å²) in [6, 6.07) is -0.592. The van der Waals surface area contributed by atoms with Crippen LogP contribution in [-0.4, -0.2) is 28.8 Å². The molecule has 74 valence electrons. The van der Waals surface area contributed by atoms with E-state index < -0.39 is 11.9 Å². The second-order valence-corrected chi connectivity index (χ2v) is 3.29. The highest BCUT2D eigenvalue weighted by atomic mass is 16.1. The van der Waals surface area contributed by atoms with Gasteiger partial charge in [0, 0.05) is 6.42 Å². The fourth-order valence-electron chi connectivity index (χ4n) is 1.56. The molecule has 0 aromatic heterocycles. The van der Waals surface area contributed by atoms with Gasteiger partial charge in [-0.3, -0.25) is 14.8 Å². The monoisotopic (exact) mass is 184 g/mol. The largest absolute Gasteiger partial charge is 0.368 e. The number of hydrogen-bond donors (Lipinski definition) is 2. The molecule has 0 fully saturated rings. The van der Waals surface area contributed by atoms with Crippen LogP contribution in [0.4, 0.5) is 0 Å². The molecule has 5 nitrogen and oxygen atoms in total. The van der Waals surface area contributed by atoms with Gasteiger partial charge in [0.05, 0.1) is 6.04 Å². The van der Waals surface area contributed by atoms with E-state index in [1.165, 1.54) is 5.01 Å². The maximum absolute atomic E-state index is 11.0. The smallest absolute Gasteiger partial charge is 0.244 e. The number of amidine groups is 1. The summed E-state index contributed by atoms with van der Waals surface area (Å²) in [7, 11) is 0. The van der Waals surface area contributed by atoms with Crippen molar-refractivity contribution in [3.63, 3.8) is 0 Å². The van der Waals surface area contributed by atoms with E-state index in [2.05, 4.69) is 4.99 Å². The maximum atomic E-state index is 11.0. The minimum atomic E-state index is -0.471. The summed E-state index contributed by atoms with van der Waals surface area (Å²) < 4.78 is 0. The van der Waals surface area contributed by atoms with E-state index in [0.717, 1.165) is 18.7 Å². The van der Waals surface area contributed by atoms with Crippen LogP contribution < -0.4 is 11.6 Å². The quantitative estimate of drug-likeness (QED) is 0.586. The van der Waals surface area contributed by atoms with Gasteiger partial charge in [-0.1, -0.05) is 6.92 Å². The number of aliphatic imine (C=N–C) groups is 1. The van der Waals surface area contributed by atoms with Crippen molar-refractivity contribution in [1.29, 1.82) is 0 Å². The Balaban J connectivity index is 2.73. The molecule has 1 aliphatic rings. The van der Waals surface area contributed by atoms with Crippen molar-refractivity contribution in [2.24, 2.45) is 16.6 Å². The van der Waals surface area contributed by atoms with Gasteiger partial charge in [0.2, 0.25) is 5.91 Å². The second-order valence-electron chi connectivity index (χ2n) is 3.29. The summed E-state index contributed by atoms with van der Waals surface area (Å²) in [4.78, 5) is 15.3. The van der Waals surface area contributed by atoms with Crippen LogP contribution in [0.1, 0.15) is 26.7 Å². The molecule has 0 saturated carbocycles. The summed E-state index contributed by atoms with van der Waals surface area (Å²) >= 11 is 0. The third kappa shape index (κ3) is 1.80. The minimum absolute atomic E-state index is 0.121. The van der Waals surface area contributed by atoms with Crippen molar-refractivity contribution >= 4 is 11.7 Å². The molecule has 1 amide bonds. The molecule has 1 rings (SSSR count). The maximum Gasteiger partial charge on any atom is 0.244 e. The first-order valence-electron chi connectivity index (χ1n) is 4.47. The second kappa shape index (κ2) is 3.74. The molecule has 1 heterocycles. The Morgan fingerprint density at radius 1 is 1.69 bits per heavy atom. The Labute approximate surface area is 77.8 Å². The van der Waals surface area contributed by atoms with Crippen molar-refractivity contribution in [3.8, 4) is 0 Å². The number of rotatable bonds is 3. The van der Waals surface area contributed by atoms with Crippen LogP contribution in [-0.2, 0) is 4.79 Å². The predicted molar refractivity (Wildman–Crippen MR) is 50.8 cm³/mol. The first kappa shape index (κ1) is 9.98. The van der Waals surface area contributed by atoms with E-state index in [4.69, 9.17) is 11.6 Å². The molecule has 1 aliphatic heterocycles. The van der Waals surface area contributed by atoms with Crippen LogP contribution >= 0.6 is 0 Å². The lowest BCUT2D eigenvalue weighted by Crippen LogP contribution is -2.51. The van der Waals surface area contributed by atoms with E-state index in [1.54, 1.807) is 0 Å². The van der Waals surface area contributed by atoms with Crippen molar-refractivity contribution in [2.45, 2.75) is 38.8 Å². The summed E-state index contributed by atoms with van der Waals surface area (Å²) in [5.74, 6) is 6.07. The number of carbonyl (C=O) groups is 1. The number of nitrogens with two attached hydrogens (primary N) is 2. The van der Waals surface area contributed by atoms with Gasteiger partial charge in [-0.2, -0.15) is 0 Å². The molecule has 4 N–H and O–H groups in total. The molecule has 2 atom stereocenters. The van der Waals surface area contributed by atoms with Crippen molar-refractivity contribution in [2.75, 3.05) is 0 Å². The number of carbonyl (C=O) groups excluding carboxylic acids is 1. The SMILES string of the molecule is CCCC1=NC(C)C(C(N)=O)N1N. The van der Waals surface area contributed by atoms with Gasteiger partial charge in [0.15, 0.2) is 0 Å². The topological polar surface area (TPSA) is 84.7 Å². The van der Waals surface area contributed by atoms with Crippen LogP contribution in [0.2, 0.25) is 0 Å². The lowest BCUT2D eigenvalue weighted by molar-refractivity contribution is -0.122. The third-order valence-corrected chi connectivity index (χ3v) is 2.17. The molecular formula is C8H16N4O. The Morgan fingerprint density at radius 3 is 2.69 bits per heavy atom. The first-order chi connectivity index (χ1) is 6.07. The number of amides is 1. The van der Waals surface area contributed by atoms with E-state index >= 15 is 0 Å². The van der Waals surface area contributed by atoms with Crippen LogP contribution in [0, 0.1) is 0 Å². The molecular weight excluding hydrogens is 168 g/mol. The highest BCUT2D eigenvalue weighted by molar-refractivity contribution is 5.92. The predicted octanol–water partition coefficient (Wildman–Crippen LogP) is -0.383. The van der Waals surface area contributed by atoms with Gasteiger partial charge < -0.3 is 5.73 Å². The molecule has 0 aromatic carbocycles. The standard InChI is InChI=1S/C8H16N4O/c1-3-4-6-11-5(2)7(8(9)13)12(6)10/h5,7H,3-4,10H2,1-2H3,(H2,9,13). The third-order valence-electron chi connectivity index (χ3n) is 2.17. The Bertz CT molecular complexity index is 238. The molecule has 0 radical (unpaired) electrons. The van der Waals surface area contributed by atoms with Gasteiger partial charge in [-0.15, -0.1) is 0 Å². The highest BCUT2D eigenvalue weighted by Crippen LogP contribution is 2.16. The van der Waals surface area contributed by atoms with Crippen LogP contribution in [0.15, 0.2) is 4.99 Å². The number of nitrogens with zero attached hydrogens (tertiary/aromatic N) is 2. The Hall–Kier alpha value is -1.10. The van der Waals surface area contributed by atoms with Gasteiger partial charge in [0.1, 0.15) is 11.9 Å². The van der Waals surface area contributed by atoms with Crippen LogP contribution in [0.3, 0.4) is 0 Å². The number of hydrazine groups is 1. The van der Waals surface area contributed by atoms with E-state index in [-0.39, 0.29) is 6.04 Å². The van der Waals surface area contributed by atoms with Crippen molar-refractivity contribution in [3.05, 3.63) is 0 Å². The van der Waals surface area contributed by atoms with Crippen molar-refractivity contribution in [1.82, 2.24) is 5.01 Å². The average molecular weight is 184 g/mol. The molecule has 0 saturated heterocycles. The molecule has 5 heteroatoms. The molecule has 2 unspecified atom stereocenters. The number of hydrogen-bond acceptors (Lipinski definition) is 4. The summed E-state index contributed by atoms with van der Waals surface area (Å²) in [5, 5.41) is 1.40. The molecule has 0 bridgehead atoms. The molecule has 0 spiro atoms. The fourth-order valence-corrected chi connectivity index (χ4v) is 1.56.